The molecular weight excluding hydrogens is 269 g/mol. The number of halogens is 3. The van der Waals surface area contributed by atoms with E-state index in [9.17, 15) is 13.2 Å². The van der Waals surface area contributed by atoms with Gasteiger partial charge in [0.15, 0.2) is 20.7 Å². The van der Waals surface area contributed by atoms with Crippen LogP contribution in [0.15, 0.2) is 58.3 Å². The molecule has 0 spiro atoms. The predicted molar refractivity (Wildman–Crippen MR) is 72.3 cm³/mol. The van der Waals surface area contributed by atoms with Crippen molar-refractivity contribution in [2.24, 2.45) is 0 Å². The number of benzene rings is 2. The quantitative estimate of drug-likeness (QED) is 0.690. The Kier molecular flexibility index (Phi) is 3.90. The van der Waals surface area contributed by atoms with E-state index in [0.29, 0.717) is 20.9 Å². The summed E-state index contributed by atoms with van der Waals surface area (Å²) < 4.78 is 40.4. The summed E-state index contributed by atoms with van der Waals surface area (Å²) in [6, 6.07) is 13.4. The number of rotatable bonds is 2. The topological polar surface area (TPSA) is 0 Å². The molecule has 0 N–H and O–H groups in total. The summed E-state index contributed by atoms with van der Waals surface area (Å²) >= 11 is 0. The van der Waals surface area contributed by atoms with Gasteiger partial charge in [-0.25, -0.2) is 0 Å². The minimum Gasteiger partial charge on any atom is -0.122 e. The van der Waals surface area contributed by atoms with Gasteiger partial charge in [0.2, 0.25) is 0 Å². The van der Waals surface area contributed by atoms with Crippen LogP contribution in [0.1, 0.15) is 11.1 Å². The van der Waals surface area contributed by atoms with Crippen LogP contribution in [0.25, 0.3) is 0 Å². The van der Waals surface area contributed by atoms with Gasteiger partial charge in [-0.1, -0.05) is 36.4 Å². The van der Waals surface area contributed by atoms with E-state index in [1.165, 1.54) is 0 Å². The summed E-state index contributed by atoms with van der Waals surface area (Å²) in [6.07, 6.45) is 0. The largest absolute Gasteiger partial charge is 0.586 e. The summed E-state index contributed by atoms with van der Waals surface area (Å²) in [4.78, 5) is 0.702. The van der Waals surface area contributed by atoms with Crippen LogP contribution >= 0.6 is 0 Å². The molecule has 0 saturated heterocycles. The molecule has 0 heterocycles. The zero-order valence-electron chi connectivity index (χ0n) is 10.7. The third-order valence-electron chi connectivity index (χ3n) is 2.86. The van der Waals surface area contributed by atoms with Crippen LogP contribution in [0.3, 0.4) is 0 Å². The lowest BCUT2D eigenvalue weighted by atomic mass is 10.2. The highest BCUT2D eigenvalue weighted by Gasteiger charge is 2.55. The van der Waals surface area contributed by atoms with Gasteiger partial charge in [-0.15, -0.1) is 13.2 Å². The maximum Gasteiger partial charge on any atom is 0.586 e. The number of hydrogen-bond donors (Lipinski definition) is 0. The van der Waals surface area contributed by atoms with Crippen molar-refractivity contribution in [3.8, 4) is 0 Å². The van der Waals surface area contributed by atoms with Crippen molar-refractivity contribution in [3.05, 3.63) is 59.7 Å². The van der Waals surface area contributed by atoms with E-state index in [0.717, 1.165) is 0 Å². The molecule has 0 aromatic heterocycles. The van der Waals surface area contributed by atoms with E-state index in [4.69, 9.17) is 0 Å². The van der Waals surface area contributed by atoms with Crippen molar-refractivity contribution in [1.29, 1.82) is 0 Å². The van der Waals surface area contributed by atoms with Crippen LogP contribution < -0.4 is 0 Å². The van der Waals surface area contributed by atoms with Gasteiger partial charge >= 0.3 is 5.51 Å². The van der Waals surface area contributed by atoms with E-state index >= 15 is 0 Å². The smallest absolute Gasteiger partial charge is 0.122 e. The van der Waals surface area contributed by atoms with E-state index in [-0.39, 0.29) is 0 Å². The van der Waals surface area contributed by atoms with Gasteiger partial charge in [0.1, 0.15) is 0 Å². The lowest BCUT2D eigenvalue weighted by Crippen LogP contribution is -2.25. The third-order valence-corrected chi connectivity index (χ3v) is 5.12. The Balaban J connectivity index is 2.62. The second kappa shape index (κ2) is 5.29. The van der Waals surface area contributed by atoms with Gasteiger partial charge < -0.3 is 0 Å². The van der Waals surface area contributed by atoms with Crippen LogP contribution in [-0.2, 0) is 10.9 Å². The highest BCUT2D eigenvalue weighted by molar-refractivity contribution is 7.97. The summed E-state index contributed by atoms with van der Waals surface area (Å²) in [5, 5.41) is 0. The molecule has 0 fully saturated rings. The Morgan fingerprint density at radius 2 is 1.11 bits per heavy atom. The lowest BCUT2D eigenvalue weighted by Gasteiger charge is -2.13. The predicted octanol–water partition coefficient (Wildman–Crippen LogP) is 4.86. The Morgan fingerprint density at radius 3 is 1.42 bits per heavy atom. The highest BCUT2D eigenvalue weighted by atomic mass is 32.2. The summed E-state index contributed by atoms with van der Waals surface area (Å²) in [6.45, 7) is 3.44. The van der Waals surface area contributed by atoms with Gasteiger partial charge in [-0.2, -0.15) is 0 Å². The Morgan fingerprint density at radius 1 is 0.737 bits per heavy atom. The Labute approximate surface area is 113 Å². The average molecular weight is 283 g/mol. The molecule has 2 aromatic rings. The van der Waals surface area contributed by atoms with E-state index < -0.39 is 16.4 Å². The van der Waals surface area contributed by atoms with Crippen molar-refractivity contribution in [2.75, 3.05) is 0 Å². The van der Waals surface area contributed by atoms with Crippen molar-refractivity contribution < 1.29 is 13.2 Å². The first-order valence-corrected chi connectivity index (χ1v) is 7.06. The fraction of sp³-hybridized carbons (Fsp3) is 0.200. The van der Waals surface area contributed by atoms with Crippen LogP contribution in [0.5, 0.6) is 0 Å². The minimum atomic E-state index is -4.27. The second-order valence-electron chi connectivity index (χ2n) is 4.28. The maximum atomic E-state index is 13.5. The maximum absolute atomic E-state index is 13.5. The molecule has 0 amide bonds. The first-order valence-electron chi connectivity index (χ1n) is 5.83. The highest BCUT2D eigenvalue weighted by Crippen LogP contribution is 2.40. The van der Waals surface area contributed by atoms with Crippen LogP contribution in [0.2, 0.25) is 0 Å². The fourth-order valence-corrected chi connectivity index (χ4v) is 3.88. The van der Waals surface area contributed by atoms with Gasteiger partial charge in [0, 0.05) is 11.1 Å². The SMILES string of the molecule is Cc1ccccc1[S+](c1ccccc1C)C(F)(F)F. The summed E-state index contributed by atoms with van der Waals surface area (Å²) in [5.74, 6) is 0. The second-order valence-corrected chi connectivity index (χ2v) is 6.24. The van der Waals surface area contributed by atoms with Gasteiger partial charge in [-0.05, 0) is 26.0 Å². The van der Waals surface area contributed by atoms with Crippen molar-refractivity contribution in [3.63, 3.8) is 0 Å². The molecule has 0 saturated carbocycles. The van der Waals surface area contributed by atoms with Crippen molar-refractivity contribution >= 4 is 10.9 Å². The average Bonchev–Trinajstić information content (AvgIpc) is 2.33. The third kappa shape index (κ3) is 2.95. The van der Waals surface area contributed by atoms with Crippen molar-refractivity contribution in [2.45, 2.75) is 29.1 Å². The van der Waals surface area contributed by atoms with Gasteiger partial charge in [0.25, 0.3) is 0 Å². The van der Waals surface area contributed by atoms with Crippen molar-refractivity contribution in [1.82, 2.24) is 0 Å². The van der Waals surface area contributed by atoms with Crippen LogP contribution in [-0.4, -0.2) is 5.51 Å². The Hall–Kier alpha value is -1.42. The summed E-state index contributed by atoms with van der Waals surface area (Å²) in [5.41, 5.74) is -2.92. The standard InChI is InChI=1S/C15H14F3S/c1-11-7-3-5-9-13(11)19(15(16,17)18)14-10-6-4-8-12(14)2/h3-10H,1-2H3/q+1. The number of aryl methyl sites for hydroxylation is 2. The van der Waals surface area contributed by atoms with E-state index in [2.05, 4.69) is 0 Å². The molecule has 0 nitrogen and oxygen atoms in total. The molecule has 0 bridgehead atoms. The fourth-order valence-electron chi connectivity index (χ4n) is 1.94. The molecule has 0 aliphatic carbocycles. The monoisotopic (exact) mass is 283 g/mol. The van der Waals surface area contributed by atoms with E-state index in [1.807, 2.05) is 0 Å². The molecule has 19 heavy (non-hydrogen) atoms. The molecule has 4 heteroatoms. The first kappa shape index (κ1) is 14.0. The van der Waals surface area contributed by atoms with Crippen LogP contribution in [0, 0.1) is 13.8 Å². The van der Waals surface area contributed by atoms with Gasteiger partial charge in [0.05, 0.1) is 0 Å². The number of alkyl halides is 3. The first-order chi connectivity index (χ1) is 8.91. The molecule has 2 aromatic carbocycles. The summed E-state index contributed by atoms with van der Waals surface area (Å²) in [7, 11) is -1.89. The van der Waals surface area contributed by atoms with E-state index in [1.54, 1.807) is 62.4 Å². The molecule has 2 rings (SSSR count). The molecule has 0 aliphatic heterocycles. The molecule has 100 valence electrons. The van der Waals surface area contributed by atoms with Gasteiger partial charge in [-0.3, -0.25) is 0 Å². The minimum absolute atomic E-state index is 0.351. The number of hydrogen-bond acceptors (Lipinski definition) is 0. The molecule has 0 atom stereocenters. The Bertz CT molecular complexity index is 530. The van der Waals surface area contributed by atoms with Crippen LogP contribution in [0.4, 0.5) is 13.2 Å². The lowest BCUT2D eigenvalue weighted by molar-refractivity contribution is -0.0371. The molecule has 0 unspecified atom stereocenters. The zero-order valence-corrected chi connectivity index (χ0v) is 11.5. The zero-order chi connectivity index (χ0) is 14.0. The molecule has 0 aliphatic rings. The normalized spacial score (nSPS) is 11.9. The molecular formula is C15H14F3S+. The molecule has 0 radical (unpaired) electrons.